The van der Waals surface area contributed by atoms with E-state index in [1.54, 1.807) is 19.1 Å². The van der Waals surface area contributed by atoms with E-state index in [9.17, 15) is 13.6 Å². The van der Waals surface area contributed by atoms with Gasteiger partial charge in [-0.3, -0.25) is 4.79 Å². The number of nitrogens with one attached hydrogen (secondary N) is 1. The van der Waals surface area contributed by atoms with Crippen molar-refractivity contribution in [2.24, 2.45) is 11.1 Å². The summed E-state index contributed by atoms with van der Waals surface area (Å²) in [7, 11) is 0. The van der Waals surface area contributed by atoms with Crippen molar-refractivity contribution in [2.45, 2.75) is 46.8 Å². The molecule has 8 heteroatoms. The highest BCUT2D eigenvalue weighted by Gasteiger charge is 2.32. The van der Waals surface area contributed by atoms with E-state index >= 15 is 0 Å². The molecule has 0 fully saturated rings. The maximum absolute atomic E-state index is 12.4. The number of hydrogen-bond acceptors (Lipinski definition) is 4. The van der Waals surface area contributed by atoms with Crippen LogP contribution in [0, 0.1) is 5.41 Å². The van der Waals surface area contributed by atoms with Gasteiger partial charge in [0, 0.05) is 13.1 Å². The van der Waals surface area contributed by atoms with Crippen LogP contribution in [0.1, 0.15) is 39.2 Å². The van der Waals surface area contributed by atoms with E-state index in [1.807, 2.05) is 13.8 Å². The van der Waals surface area contributed by atoms with Crippen molar-refractivity contribution in [3.63, 3.8) is 0 Å². The second-order valence-electron chi connectivity index (χ2n) is 5.47. The van der Waals surface area contributed by atoms with Gasteiger partial charge in [-0.15, -0.1) is 12.4 Å². The molecule has 0 spiro atoms. The fourth-order valence-electron chi connectivity index (χ4n) is 2.45. The molecule has 3 N–H and O–H groups in total. The second kappa shape index (κ2) is 11.1. The van der Waals surface area contributed by atoms with Crippen LogP contribution in [0.5, 0.6) is 11.5 Å². The van der Waals surface area contributed by atoms with Crippen LogP contribution in [0.4, 0.5) is 8.78 Å². The summed E-state index contributed by atoms with van der Waals surface area (Å²) in [6.07, 6.45) is 1.30. The Morgan fingerprint density at radius 3 is 2.36 bits per heavy atom. The number of amides is 1. The molecule has 5 nitrogen and oxygen atoms in total. The summed E-state index contributed by atoms with van der Waals surface area (Å²) in [5.74, 6) is 0.0850. The smallest absolute Gasteiger partial charge is 0.387 e. The first-order chi connectivity index (χ1) is 11.4. The molecule has 0 unspecified atom stereocenters. The zero-order valence-corrected chi connectivity index (χ0v) is 15.6. The molecule has 0 aliphatic heterocycles. The van der Waals surface area contributed by atoms with Crippen molar-refractivity contribution in [1.29, 1.82) is 0 Å². The number of carbonyl (C=O) groups is 1. The summed E-state index contributed by atoms with van der Waals surface area (Å²) in [6, 6.07) is 4.61. The van der Waals surface area contributed by atoms with E-state index in [0.717, 1.165) is 5.56 Å². The molecule has 1 aromatic carbocycles. The third-order valence-electron chi connectivity index (χ3n) is 4.20. The molecule has 0 aromatic heterocycles. The summed E-state index contributed by atoms with van der Waals surface area (Å²) in [4.78, 5) is 12.4. The molecule has 1 rings (SSSR count). The quantitative estimate of drug-likeness (QED) is 0.651. The SMILES string of the molecule is CCOc1cc(CNC(=O)C(CC)(CC)CN)ccc1OC(F)F.Cl. The summed E-state index contributed by atoms with van der Waals surface area (Å²) in [6.45, 7) is 3.54. The molecular formula is C17H27ClF2N2O3. The molecule has 0 saturated heterocycles. The van der Waals surface area contributed by atoms with Gasteiger partial charge in [-0.1, -0.05) is 19.9 Å². The monoisotopic (exact) mass is 380 g/mol. The average Bonchev–Trinajstić information content (AvgIpc) is 2.57. The molecule has 144 valence electrons. The van der Waals surface area contributed by atoms with Gasteiger partial charge in [-0.25, -0.2) is 0 Å². The summed E-state index contributed by atoms with van der Waals surface area (Å²) < 4.78 is 34.5. The average molecular weight is 381 g/mol. The van der Waals surface area contributed by atoms with E-state index in [-0.39, 0.29) is 42.9 Å². The number of rotatable bonds is 10. The molecule has 1 aromatic rings. The van der Waals surface area contributed by atoms with Crippen LogP contribution in [0.3, 0.4) is 0 Å². The lowest BCUT2D eigenvalue weighted by molar-refractivity contribution is -0.131. The Bertz CT molecular complexity index is 532. The van der Waals surface area contributed by atoms with E-state index in [2.05, 4.69) is 10.1 Å². The van der Waals surface area contributed by atoms with Gasteiger partial charge in [-0.05, 0) is 37.5 Å². The van der Waals surface area contributed by atoms with Crippen LogP contribution in [0.25, 0.3) is 0 Å². The lowest BCUT2D eigenvalue weighted by Crippen LogP contribution is -2.45. The number of hydrogen-bond donors (Lipinski definition) is 2. The number of halogens is 3. The molecular weight excluding hydrogens is 354 g/mol. The van der Waals surface area contributed by atoms with Crippen LogP contribution in [0.2, 0.25) is 0 Å². The predicted molar refractivity (Wildman–Crippen MR) is 95.4 cm³/mol. The number of alkyl halides is 2. The van der Waals surface area contributed by atoms with Crippen LogP contribution < -0.4 is 20.5 Å². The normalized spacial score (nSPS) is 11.0. The van der Waals surface area contributed by atoms with E-state index in [0.29, 0.717) is 19.4 Å². The highest BCUT2D eigenvalue weighted by atomic mass is 35.5. The van der Waals surface area contributed by atoms with Gasteiger partial charge in [0.2, 0.25) is 5.91 Å². The predicted octanol–water partition coefficient (Wildman–Crippen LogP) is 3.49. The third-order valence-corrected chi connectivity index (χ3v) is 4.20. The van der Waals surface area contributed by atoms with Crippen molar-refractivity contribution in [3.05, 3.63) is 23.8 Å². The van der Waals surface area contributed by atoms with Crippen molar-refractivity contribution >= 4 is 18.3 Å². The van der Waals surface area contributed by atoms with Crippen molar-refractivity contribution in [1.82, 2.24) is 5.32 Å². The van der Waals surface area contributed by atoms with Gasteiger partial charge in [0.25, 0.3) is 0 Å². The van der Waals surface area contributed by atoms with Gasteiger partial charge in [0.1, 0.15) is 0 Å². The zero-order chi connectivity index (χ0) is 18.2. The van der Waals surface area contributed by atoms with Gasteiger partial charge in [-0.2, -0.15) is 8.78 Å². The number of ether oxygens (including phenoxy) is 2. The molecule has 1 amide bonds. The second-order valence-corrected chi connectivity index (χ2v) is 5.47. The Morgan fingerprint density at radius 1 is 1.24 bits per heavy atom. The Labute approximate surface area is 153 Å². The minimum absolute atomic E-state index is 0. The van der Waals surface area contributed by atoms with E-state index in [1.165, 1.54) is 6.07 Å². The van der Waals surface area contributed by atoms with Gasteiger partial charge >= 0.3 is 6.61 Å². The Morgan fingerprint density at radius 2 is 1.88 bits per heavy atom. The summed E-state index contributed by atoms with van der Waals surface area (Å²) in [5, 5.41) is 2.86. The molecule has 0 saturated carbocycles. The first kappa shape index (κ1) is 23.4. The van der Waals surface area contributed by atoms with Gasteiger partial charge < -0.3 is 20.5 Å². The largest absolute Gasteiger partial charge is 0.490 e. The van der Waals surface area contributed by atoms with Crippen LogP contribution >= 0.6 is 12.4 Å². The molecule has 25 heavy (non-hydrogen) atoms. The van der Waals surface area contributed by atoms with Crippen molar-refractivity contribution in [3.8, 4) is 11.5 Å². The highest BCUT2D eigenvalue weighted by Crippen LogP contribution is 2.30. The first-order valence-corrected chi connectivity index (χ1v) is 8.11. The first-order valence-electron chi connectivity index (χ1n) is 8.11. The standard InChI is InChI=1S/C17H26F2N2O3.ClH/c1-4-17(5-2,11-20)15(22)21-10-12-7-8-13(24-16(18)19)14(9-12)23-6-3;/h7-9,16H,4-6,10-11,20H2,1-3H3,(H,21,22);1H. The number of nitrogens with two attached hydrogens (primary N) is 1. The topological polar surface area (TPSA) is 73.6 Å². The highest BCUT2D eigenvalue weighted by molar-refractivity contribution is 5.85. The Kier molecular flexibility index (Phi) is 10.4. The lowest BCUT2D eigenvalue weighted by Gasteiger charge is -2.28. The summed E-state index contributed by atoms with van der Waals surface area (Å²) >= 11 is 0. The Hall–Kier alpha value is -1.60. The minimum Gasteiger partial charge on any atom is -0.490 e. The van der Waals surface area contributed by atoms with Crippen molar-refractivity contribution in [2.75, 3.05) is 13.2 Å². The zero-order valence-electron chi connectivity index (χ0n) is 14.8. The fraction of sp³-hybridized carbons (Fsp3) is 0.588. The van der Waals surface area contributed by atoms with Crippen LogP contribution in [-0.4, -0.2) is 25.7 Å². The number of benzene rings is 1. The molecule has 0 radical (unpaired) electrons. The van der Waals surface area contributed by atoms with E-state index in [4.69, 9.17) is 10.5 Å². The van der Waals surface area contributed by atoms with E-state index < -0.39 is 12.0 Å². The fourth-order valence-corrected chi connectivity index (χ4v) is 2.45. The van der Waals surface area contributed by atoms with Crippen LogP contribution in [-0.2, 0) is 11.3 Å². The summed E-state index contributed by atoms with van der Waals surface area (Å²) in [5.41, 5.74) is 5.91. The van der Waals surface area contributed by atoms with Gasteiger partial charge in [0.15, 0.2) is 11.5 Å². The third kappa shape index (κ3) is 6.32. The molecule has 0 aliphatic carbocycles. The molecule has 0 aliphatic rings. The molecule has 0 atom stereocenters. The Balaban J connectivity index is 0.00000576. The lowest BCUT2D eigenvalue weighted by atomic mass is 9.81. The van der Waals surface area contributed by atoms with Gasteiger partial charge in [0.05, 0.1) is 12.0 Å². The minimum atomic E-state index is -2.92. The maximum Gasteiger partial charge on any atom is 0.387 e. The number of carbonyl (C=O) groups excluding carboxylic acids is 1. The van der Waals surface area contributed by atoms with Crippen LogP contribution in [0.15, 0.2) is 18.2 Å². The van der Waals surface area contributed by atoms with Crippen molar-refractivity contribution < 1.29 is 23.0 Å². The molecule has 0 heterocycles. The molecule has 0 bridgehead atoms. The maximum atomic E-state index is 12.4.